The van der Waals surface area contributed by atoms with E-state index in [0.717, 1.165) is 0 Å². The Hall–Kier alpha value is -0.910. The predicted octanol–water partition coefficient (Wildman–Crippen LogP) is 0.714. The van der Waals surface area contributed by atoms with Gasteiger partial charge in [-0.3, -0.25) is 4.79 Å². The van der Waals surface area contributed by atoms with Gasteiger partial charge in [0.2, 0.25) is 0 Å². The molecule has 1 aromatic heterocycles. The lowest BCUT2D eigenvalue weighted by Gasteiger charge is -2.04. The van der Waals surface area contributed by atoms with Crippen molar-refractivity contribution < 1.29 is 9.47 Å². The number of aromatic amines is 1. The number of nitrogens with zero attached hydrogens (tertiary/aromatic N) is 1. The number of rotatable bonds is 7. The second kappa shape index (κ2) is 7.38. The summed E-state index contributed by atoms with van der Waals surface area (Å²) in [7, 11) is 1.62. The summed E-state index contributed by atoms with van der Waals surface area (Å²) in [5.74, 6) is 0.835. The summed E-state index contributed by atoms with van der Waals surface area (Å²) in [6.45, 7) is 1.60. The highest BCUT2D eigenvalue weighted by atomic mass is 35.5. The second-order valence-electron chi connectivity index (χ2n) is 3.17. The average Bonchev–Trinajstić information content (AvgIpc) is 2.28. The van der Waals surface area contributed by atoms with E-state index in [1.165, 1.54) is 6.07 Å². The third-order valence-electron chi connectivity index (χ3n) is 1.90. The summed E-state index contributed by atoms with van der Waals surface area (Å²) in [6, 6.07) is 1.39. The topological polar surface area (TPSA) is 64.2 Å². The van der Waals surface area contributed by atoms with Gasteiger partial charge in [-0.05, 0) is 0 Å². The number of alkyl halides is 1. The molecule has 0 atom stereocenters. The van der Waals surface area contributed by atoms with Crippen molar-refractivity contribution >= 4 is 11.6 Å². The molecule has 0 aliphatic rings. The molecule has 16 heavy (non-hydrogen) atoms. The van der Waals surface area contributed by atoms with Gasteiger partial charge >= 0.3 is 0 Å². The molecule has 0 saturated carbocycles. The summed E-state index contributed by atoms with van der Waals surface area (Å²) in [5.41, 5.74) is 0.398. The molecule has 90 valence electrons. The van der Waals surface area contributed by atoms with E-state index >= 15 is 0 Å². The molecule has 0 amide bonds. The van der Waals surface area contributed by atoms with Crippen LogP contribution in [-0.2, 0) is 21.8 Å². The smallest absolute Gasteiger partial charge is 0.251 e. The molecule has 0 aliphatic carbocycles. The van der Waals surface area contributed by atoms with E-state index < -0.39 is 0 Å². The molecule has 0 aliphatic heterocycles. The molecule has 5 nitrogen and oxygen atoms in total. The van der Waals surface area contributed by atoms with Gasteiger partial charge in [0.1, 0.15) is 5.82 Å². The van der Waals surface area contributed by atoms with Crippen molar-refractivity contribution in [2.45, 2.75) is 12.3 Å². The molecule has 0 aromatic carbocycles. The van der Waals surface area contributed by atoms with Gasteiger partial charge in [-0.2, -0.15) is 0 Å². The van der Waals surface area contributed by atoms with Gasteiger partial charge in [-0.1, -0.05) is 0 Å². The van der Waals surface area contributed by atoms with Gasteiger partial charge in [0, 0.05) is 19.6 Å². The van der Waals surface area contributed by atoms with Crippen LogP contribution < -0.4 is 5.56 Å². The molecule has 0 fully saturated rings. The second-order valence-corrected chi connectivity index (χ2v) is 3.44. The zero-order chi connectivity index (χ0) is 11.8. The summed E-state index contributed by atoms with van der Waals surface area (Å²) < 4.78 is 10.1. The van der Waals surface area contributed by atoms with Crippen LogP contribution in [-0.4, -0.2) is 36.9 Å². The minimum Gasteiger partial charge on any atom is -0.382 e. The van der Waals surface area contributed by atoms with Gasteiger partial charge in [-0.15, -0.1) is 11.6 Å². The summed E-state index contributed by atoms with van der Waals surface area (Å²) in [5, 5.41) is 0. The van der Waals surface area contributed by atoms with Crippen molar-refractivity contribution in [2.24, 2.45) is 0 Å². The van der Waals surface area contributed by atoms with Crippen LogP contribution in [0.25, 0.3) is 0 Å². The van der Waals surface area contributed by atoms with E-state index in [-0.39, 0.29) is 11.4 Å². The molecular formula is C10H15ClN2O3. The van der Waals surface area contributed by atoms with Crippen LogP contribution in [0.3, 0.4) is 0 Å². The van der Waals surface area contributed by atoms with Crippen LogP contribution >= 0.6 is 11.6 Å². The highest BCUT2D eigenvalue weighted by Gasteiger charge is 2.00. The number of halogens is 1. The van der Waals surface area contributed by atoms with Crippen molar-refractivity contribution in [3.63, 3.8) is 0 Å². The average molecular weight is 247 g/mol. The predicted molar refractivity (Wildman–Crippen MR) is 60.8 cm³/mol. The molecule has 0 unspecified atom stereocenters. The number of ether oxygens (including phenoxy) is 2. The molecule has 0 radical (unpaired) electrons. The summed E-state index contributed by atoms with van der Waals surface area (Å²) in [4.78, 5) is 18.0. The zero-order valence-electron chi connectivity index (χ0n) is 9.16. The van der Waals surface area contributed by atoms with Crippen LogP contribution in [0.4, 0.5) is 0 Å². The lowest BCUT2D eigenvalue weighted by molar-refractivity contribution is 0.0716. The van der Waals surface area contributed by atoms with E-state index in [4.69, 9.17) is 21.1 Å². The molecule has 1 rings (SSSR count). The Morgan fingerprint density at radius 3 is 2.94 bits per heavy atom. The monoisotopic (exact) mass is 246 g/mol. The molecule has 0 spiro atoms. The third-order valence-corrected chi connectivity index (χ3v) is 2.17. The molecule has 1 aromatic rings. The van der Waals surface area contributed by atoms with E-state index in [1.54, 1.807) is 7.11 Å². The Morgan fingerprint density at radius 1 is 1.44 bits per heavy atom. The largest absolute Gasteiger partial charge is 0.382 e. The first-order valence-corrected chi connectivity index (χ1v) is 5.51. The lowest BCUT2D eigenvalue weighted by Crippen LogP contribution is -2.14. The van der Waals surface area contributed by atoms with E-state index in [9.17, 15) is 4.79 Å². The first-order chi connectivity index (χ1) is 7.76. The Morgan fingerprint density at radius 2 is 2.25 bits per heavy atom. The number of hydrogen-bond acceptors (Lipinski definition) is 4. The minimum absolute atomic E-state index is 0.183. The Kier molecular flexibility index (Phi) is 6.07. The lowest BCUT2D eigenvalue weighted by atomic mass is 10.4. The van der Waals surface area contributed by atoms with Crippen LogP contribution in [0.1, 0.15) is 11.5 Å². The highest BCUT2D eigenvalue weighted by molar-refractivity contribution is 6.16. The van der Waals surface area contributed by atoms with Gasteiger partial charge < -0.3 is 14.5 Å². The zero-order valence-corrected chi connectivity index (χ0v) is 9.92. The van der Waals surface area contributed by atoms with Crippen LogP contribution in [0.2, 0.25) is 0 Å². The normalized spacial score (nSPS) is 10.6. The fourth-order valence-electron chi connectivity index (χ4n) is 1.16. The van der Waals surface area contributed by atoms with Crippen molar-refractivity contribution in [1.82, 2.24) is 9.97 Å². The SMILES string of the molecule is COCCOCCc1nc(CCl)cc(=O)[nH]1. The first kappa shape index (κ1) is 13.2. The number of methoxy groups -OCH3 is 1. The fraction of sp³-hybridized carbons (Fsp3) is 0.600. The number of H-pyrrole nitrogens is 1. The van der Waals surface area contributed by atoms with E-state index in [0.29, 0.717) is 37.8 Å². The number of hydrogen-bond donors (Lipinski definition) is 1. The first-order valence-electron chi connectivity index (χ1n) is 4.98. The van der Waals surface area contributed by atoms with Crippen molar-refractivity contribution in [3.05, 3.63) is 27.9 Å². The quantitative estimate of drug-likeness (QED) is 0.569. The molecule has 6 heteroatoms. The van der Waals surface area contributed by atoms with E-state index in [1.807, 2.05) is 0 Å². The molecule has 0 saturated heterocycles. The van der Waals surface area contributed by atoms with Crippen LogP contribution in [0.5, 0.6) is 0 Å². The minimum atomic E-state index is -0.183. The van der Waals surface area contributed by atoms with Crippen molar-refractivity contribution in [3.8, 4) is 0 Å². The Balaban J connectivity index is 2.41. The maximum atomic E-state index is 11.2. The summed E-state index contributed by atoms with van der Waals surface area (Å²) >= 11 is 5.61. The van der Waals surface area contributed by atoms with Crippen LogP contribution in [0, 0.1) is 0 Å². The Bertz CT molecular complexity index is 367. The van der Waals surface area contributed by atoms with E-state index in [2.05, 4.69) is 9.97 Å². The van der Waals surface area contributed by atoms with Crippen molar-refractivity contribution in [1.29, 1.82) is 0 Å². The maximum absolute atomic E-state index is 11.2. The molecule has 1 N–H and O–H groups in total. The van der Waals surface area contributed by atoms with Crippen molar-refractivity contribution in [2.75, 3.05) is 26.9 Å². The molecule has 1 heterocycles. The number of nitrogens with one attached hydrogen (secondary N) is 1. The number of aromatic nitrogens is 2. The van der Waals surface area contributed by atoms with Gasteiger partial charge in [-0.25, -0.2) is 4.98 Å². The van der Waals surface area contributed by atoms with Crippen LogP contribution in [0.15, 0.2) is 10.9 Å². The summed E-state index contributed by atoms with van der Waals surface area (Å²) in [6.07, 6.45) is 0.559. The molecular weight excluding hydrogens is 232 g/mol. The van der Waals surface area contributed by atoms with Gasteiger partial charge in [0.25, 0.3) is 5.56 Å². The maximum Gasteiger partial charge on any atom is 0.251 e. The highest BCUT2D eigenvalue weighted by Crippen LogP contribution is 1.97. The van der Waals surface area contributed by atoms with Gasteiger partial charge in [0.15, 0.2) is 0 Å². The standard InChI is InChI=1S/C10H15ClN2O3/c1-15-4-5-16-3-2-9-12-8(7-11)6-10(14)13-9/h6H,2-5,7H2,1H3,(H,12,13,14). The third kappa shape index (κ3) is 4.74. The Labute approximate surface area is 98.8 Å². The van der Waals surface area contributed by atoms with Gasteiger partial charge in [0.05, 0.1) is 31.4 Å². The molecule has 0 bridgehead atoms. The fourth-order valence-corrected chi connectivity index (χ4v) is 1.30.